The molecule has 18 heavy (non-hydrogen) atoms. The van der Waals surface area contributed by atoms with E-state index in [0.717, 1.165) is 5.56 Å². The van der Waals surface area contributed by atoms with E-state index >= 15 is 0 Å². The molecular formula is C14H20FNO2. The van der Waals surface area contributed by atoms with E-state index in [9.17, 15) is 9.18 Å². The molecule has 1 aromatic rings. The van der Waals surface area contributed by atoms with Gasteiger partial charge < -0.3 is 9.64 Å². The molecule has 3 nitrogen and oxygen atoms in total. The standard InChI is InChI=1S/C14H20FNO2/c1-5-18-14(17)9-13(16(3)4)11-6-7-12(15)10(2)8-11/h6-8,13H,5,9H2,1-4H3. The lowest BCUT2D eigenvalue weighted by atomic mass is 10.0. The van der Waals surface area contributed by atoms with Crippen LogP contribution in [0, 0.1) is 12.7 Å². The maximum atomic E-state index is 13.2. The second-order valence-electron chi connectivity index (χ2n) is 4.50. The van der Waals surface area contributed by atoms with Crippen LogP contribution in [0.5, 0.6) is 0 Å². The zero-order chi connectivity index (χ0) is 13.7. The van der Waals surface area contributed by atoms with Gasteiger partial charge in [-0.25, -0.2) is 4.39 Å². The fraction of sp³-hybridized carbons (Fsp3) is 0.500. The maximum Gasteiger partial charge on any atom is 0.307 e. The van der Waals surface area contributed by atoms with Crippen molar-refractivity contribution in [3.05, 3.63) is 35.1 Å². The van der Waals surface area contributed by atoms with Crippen LogP contribution in [0.2, 0.25) is 0 Å². The third-order valence-corrected chi connectivity index (χ3v) is 2.86. The quantitative estimate of drug-likeness (QED) is 0.756. The molecule has 0 saturated heterocycles. The van der Waals surface area contributed by atoms with Gasteiger partial charge in [-0.05, 0) is 45.1 Å². The fourth-order valence-electron chi connectivity index (χ4n) is 1.85. The van der Waals surface area contributed by atoms with E-state index in [4.69, 9.17) is 4.74 Å². The van der Waals surface area contributed by atoms with Gasteiger partial charge in [-0.2, -0.15) is 0 Å². The monoisotopic (exact) mass is 253 g/mol. The molecule has 0 saturated carbocycles. The molecule has 0 aliphatic rings. The molecule has 0 heterocycles. The second kappa shape index (κ2) is 6.50. The van der Waals surface area contributed by atoms with Crippen molar-refractivity contribution in [2.75, 3.05) is 20.7 Å². The summed E-state index contributed by atoms with van der Waals surface area (Å²) in [5.74, 6) is -0.467. The number of carbonyl (C=O) groups is 1. The molecule has 0 spiro atoms. The molecule has 1 unspecified atom stereocenters. The Morgan fingerprint density at radius 1 is 1.44 bits per heavy atom. The first-order valence-electron chi connectivity index (χ1n) is 6.03. The van der Waals surface area contributed by atoms with Crippen LogP contribution in [-0.4, -0.2) is 31.6 Å². The Kier molecular flexibility index (Phi) is 5.28. The Labute approximate surface area is 108 Å². The first kappa shape index (κ1) is 14.6. The maximum absolute atomic E-state index is 13.2. The Morgan fingerprint density at radius 3 is 2.61 bits per heavy atom. The van der Waals surface area contributed by atoms with E-state index in [0.29, 0.717) is 12.2 Å². The summed E-state index contributed by atoms with van der Waals surface area (Å²) in [6, 6.07) is 4.83. The number of hydrogen-bond acceptors (Lipinski definition) is 3. The van der Waals surface area contributed by atoms with Crippen molar-refractivity contribution >= 4 is 5.97 Å². The van der Waals surface area contributed by atoms with E-state index in [-0.39, 0.29) is 24.2 Å². The van der Waals surface area contributed by atoms with Crippen molar-refractivity contribution in [2.24, 2.45) is 0 Å². The molecule has 1 aromatic carbocycles. The highest BCUT2D eigenvalue weighted by Gasteiger charge is 2.19. The summed E-state index contributed by atoms with van der Waals surface area (Å²) in [5, 5.41) is 0. The normalized spacial score (nSPS) is 12.6. The molecule has 0 N–H and O–H groups in total. The van der Waals surface area contributed by atoms with Crippen molar-refractivity contribution in [3.63, 3.8) is 0 Å². The minimum Gasteiger partial charge on any atom is -0.466 e. The van der Waals surface area contributed by atoms with Crippen LogP contribution >= 0.6 is 0 Å². The van der Waals surface area contributed by atoms with Crippen molar-refractivity contribution in [1.82, 2.24) is 4.90 Å². The van der Waals surface area contributed by atoms with Crippen LogP contribution in [0.1, 0.15) is 30.5 Å². The number of aryl methyl sites for hydroxylation is 1. The number of esters is 1. The van der Waals surface area contributed by atoms with Crippen molar-refractivity contribution in [3.8, 4) is 0 Å². The summed E-state index contributed by atoms with van der Waals surface area (Å²) in [5.41, 5.74) is 1.51. The summed E-state index contributed by atoms with van der Waals surface area (Å²) in [4.78, 5) is 13.5. The van der Waals surface area contributed by atoms with Crippen LogP contribution in [-0.2, 0) is 9.53 Å². The average Bonchev–Trinajstić information content (AvgIpc) is 2.30. The summed E-state index contributed by atoms with van der Waals surface area (Å²) in [6.45, 7) is 3.88. The minimum atomic E-state index is -0.238. The van der Waals surface area contributed by atoms with Gasteiger partial charge in [-0.3, -0.25) is 4.79 Å². The van der Waals surface area contributed by atoms with Gasteiger partial charge in [-0.1, -0.05) is 12.1 Å². The van der Waals surface area contributed by atoms with Crippen LogP contribution < -0.4 is 0 Å². The van der Waals surface area contributed by atoms with Gasteiger partial charge in [0.25, 0.3) is 0 Å². The number of carbonyl (C=O) groups excluding carboxylic acids is 1. The second-order valence-corrected chi connectivity index (χ2v) is 4.50. The molecule has 0 fully saturated rings. The van der Waals surface area contributed by atoms with Gasteiger partial charge in [-0.15, -0.1) is 0 Å². The number of ether oxygens (including phenoxy) is 1. The Hall–Kier alpha value is -1.42. The smallest absolute Gasteiger partial charge is 0.307 e. The zero-order valence-corrected chi connectivity index (χ0v) is 11.4. The molecule has 0 aliphatic heterocycles. The molecule has 1 rings (SSSR count). The SMILES string of the molecule is CCOC(=O)CC(c1ccc(F)c(C)c1)N(C)C. The molecule has 0 aliphatic carbocycles. The third kappa shape index (κ3) is 3.81. The highest BCUT2D eigenvalue weighted by molar-refractivity contribution is 5.70. The number of hydrogen-bond donors (Lipinski definition) is 0. The Balaban J connectivity index is 2.90. The first-order valence-corrected chi connectivity index (χ1v) is 6.03. The van der Waals surface area contributed by atoms with E-state index < -0.39 is 0 Å². The predicted molar refractivity (Wildman–Crippen MR) is 68.8 cm³/mol. The van der Waals surface area contributed by atoms with E-state index in [1.54, 1.807) is 26.0 Å². The molecule has 100 valence electrons. The van der Waals surface area contributed by atoms with E-state index in [2.05, 4.69) is 0 Å². The van der Waals surface area contributed by atoms with Gasteiger partial charge in [0.15, 0.2) is 0 Å². The number of benzene rings is 1. The lowest BCUT2D eigenvalue weighted by Crippen LogP contribution is -2.24. The number of rotatable bonds is 5. The molecule has 0 radical (unpaired) electrons. The molecule has 4 heteroatoms. The molecular weight excluding hydrogens is 233 g/mol. The van der Waals surface area contributed by atoms with Crippen LogP contribution in [0.3, 0.4) is 0 Å². The van der Waals surface area contributed by atoms with Crippen LogP contribution in [0.4, 0.5) is 4.39 Å². The summed E-state index contributed by atoms with van der Waals surface area (Å²) >= 11 is 0. The van der Waals surface area contributed by atoms with Gasteiger partial charge in [0.05, 0.1) is 13.0 Å². The van der Waals surface area contributed by atoms with E-state index in [1.807, 2.05) is 19.0 Å². The molecule has 0 aromatic heterocycles. The zero-order valence-electron chi connectivity index (χ0n) is 11.4. The third-order valence-electron chi connectivity index (χ3n) is 2.86. The highest BCUT2D eigenvalue weighted by atomic mass is 19.1. The van der Waals surface area contributed by atoms with Crippen LogP contribution in [0.25, 0.3) is 0 Å². The van der Waals surface area contributed by atoms with Gasteiger partial charge in [0.2, 0.25) is 0 Å². The molecule has 1 atom stereocenters. The Bertz CT molecular complexity index is 418. The van der Waals surface area contributed by atoms with Gasteiger partial charge in [0.1, 0.15) is 5.82 Å². The highest BCUT2D eigenvalue weighted by Crippen LogP contribution is 2.24. The van der Waals surface area contributed by atoms with Gasteiger partial charge >= 0.3 is 5.97 Å². The topological polar surface area (TPSA) is 29.5 Å². The molecule has 0 bridgehead atoms. The lowest BCUT2D eigenvalue weighted by Gasteiger charge is -2.24. The summed E-state index contributed by atoms with van der Waals surface area (Å²) in [7, 11) is 3.78. The summed E-state index contributed by atoms with van der Waals surface area (Å²) in [6.07, 6.45) is 0.270. The largest absolute Gasteiger partial charge is 0.466 e. The first-order chi connectivity index (χ1) is 8.45. The lowest BCUT2D eigenvalue weighted by molar-refractivity contribution is -0.144. The number of nitrogens with zero attached hydrogens (tertiary/aromatic N) is 1. The summed E-state index contributed by atoms with van der Waals surface area (Å²) < 4.78 is 18.2. The number of halogens is 1. The van der Waals surface area contributed by atoms with Crippen LogP contribution in [0.15, 0.2) is 18.2 Å². The Morgan fingerprint density at radius 2 is 2.11 bits per heavy atom. The minimum absolute atomic E-state index is 0.0941. The van der Waals surface area contributed by atoms with Crippen molar-refractivity contribution in [1.29, 1.82) is 0 Å². The molecule has 0 amide bonds. The van der Waals surface area contributed by atoms with Gasteiger partial charge in [0, 0.05) is 6.04 Å². The van der Waals surface area contributed by atoms with Crippen molar-refractivity contribution in [2.45, 2.75) is 26.3 Å². The average molecular weight is 253 g/mol. The fourth-order valence-corrected chi connectivity index (χ4v) is 1.85. The predicted octanol–water partition coefficient (Wildman–Crippen LogP) is 2.69. The van der Waals surface area contributed by atoms with Crippen molar-refractivity contribution < 1.29 is 13.9 Å². The van der Waals surface area contributed by atoms with E-state index in [1.165, 1.54) is 6.07 Å².